The van der Waals surface area contributed by atoms with Crippen LogP contribution in [0.5, 0.6) is 0 Å². The number of nitrogens with zero attached hydrogens (tertiary/aromatic N) is 3. The number of hydrazine groups is 1. The van der Waals surface area contributed by atoms with Gasteiger partial charge in [-0.05, 0) is 6.92 Å². The van der Waals surface area contributed by atoms with Gasteiger partial charge in [0.2, 0.25) is 6.41 Å². The molecule has 0 radical (unpaired) electrons. The summed E-state index contributed by atoms with van der Waals surface area (Å²) in [7, 11) is 1.73. The van der Waals surface area contributed by atoms with Crippen LogP contribution < -0.4 is 10.9 Å². The molecular formula is C6H10N4O. The first-order valence-electron chi connectivity index (χ1n) is 3.15. The van der Waals surface area contributed by atoms with Crippen molar-refractivity contribution in [3.05, 3.63) is 11.8 Å². The third-order valence-electron chi connectivity index (χ3n) is 1.36. The summed E-state index contributed by atoms with van der Waals surface area (Å²) in [6.07, 6.45) is 0.538. The van der Waals surface area contributed by atoms with Crippen LogP contribution in [0.1, 0.15) is 5.69 Å². The van der Waals surface area contributed by atoms with Crippen LogP contribution in [0.25, 0.3) is 0 Å². The molecule has 0 fully saturated rings. The molecule has 1 amide bonds. The lowest BCUT2D eigenvalue weighted by molar-refractivity contribution is -0.107. The number of nitrogens with two attached hydrogens (primary N) is 1. The zero-order valence-corrected chi connectivity index (χ0v) is 6.48. The van der Waals surface area contributed by atoms with Crippen molar-refractivity contribution >= 4 is 12.2 Å². The van der Waals surface area contributed by atoms with Gasteiger partial charge in [0.25, 0.3) is 0 Å². The SMILES string of the molecule is Cc1cc(N(N)C=O)n(C)n1. The predicted octanol–water partition coefficient (Wildman–Crippen LogP) is -0.435. The normalized spacial score (nSPS) is 9.73. The van der Waals surface area contributed by atoms with Crippen LogP contribution in [0.3, 0.4) is 0 Å². The number of carbonyl (C=O) groups is 1. The van der Waals surface area contributed by atoms with Crippen LogP contribution >= 0.6 is 0 Å². The lowest BCUT2D eigenvalue weighted by Gasteiger charge is -2.08. The summed E-state index contributed by atoms with van der Waals surface area (Å²) < 4.78 is 1.55. The molecule has 1 aromatic rings. The van der Waals surface area contributed by atoms with Gasteiger partial charge in [0, 0.05) is 13.1 Å². The molecule has 0 saturated heterocycles. The predicted molar refractivity (Wildman–Crippen MR) is 40.7 cm³/mol. The quantitative estimate of drug-likeness (QED) is 0.272. The van der Waals surface area contributed by atoms with E-state index in [-0.39, 0.29) is 0 Å². The minimum atomic E-state index is 0.538. The van der Waals surface area contributed by atoms with Gasteiger partial charge in [-0.3, -0.25) is 9.48 Å². The first-order chi connectivity index (χ1) is 5.15. The highest BCUT2D eigenvalue weighted by Crippen LogP contribution is 2.09. The van der Waals surface area contributed by atoms with E-state index >= 15 is 0 Å². The number of anilines is 1. The van der Waals surface area contributed by atoms with E-state index in [1.165, 1.54) is 0 Å². The Bertz CT molecular complexity index is 268. The number of hydrogen-bond acceptors (Lipinski definition) is 3. The van der Waals surface area contributed by atoms with E-state index < -0.39 is 0 Å². The van der Waals surface area contributed by atoms with Crippen molar-refractivity contribution in [2.24, 2.45) is 12.9 Å². The topological polar surface area (TPSA) is 64.2 Å². The molecule has 1 rings (SSSR count). The monoisotopic (exact) mass is 154 g/mol. The number of hydrogen-bond donors (Lipinski definition) is 1. The summed E-state index contributed by atoms with van der Waals surface area (Å²) in [6.45, 7) is 1.84. The summed E-state index contributed by atoms with van der Waals surface area (Å²) in [5.41, 5.74) is 0.833. The van der Waals surface area contributed by atoms with E-state index in [9.17, 15) is 4.79 Å². The fraction of sp³-hybridized carbons (Fsp3) is 0.333. The van der Waals surface area contributed by atoms with Gasteiger partial charge in [-0.15, -0.1) is 0 Å². The van der Waals surface area contributed by atoms with E-state index in [0.717, 1.165) is 10.7 Å². The average Bonchev–Trinajstić information content (AvgIpc) is 2.28. The van der Waals surface area contributed by atoms with Crippen molar-refractivity contribution in [1.82, 2.24) is 9.78 Å². The maximum absolute atomic E-state index is 10.2. The van der Waals surface area contributed by atoms with Crippen molar-refractivity contribution in [3.63, 3.8) is 0 Å². The third kappa shape index (κ3) is 1.38. The van der Waals surface area contributed by atoms with Gasteiger partial charge in [0.1, 0.15) is 5.82 Å². The summed E-state index contributed by atoms with van der Waals surface area (Å²) in [5.74, 6) is 5.89. The Morgan fingerprint density at radius 2 is 2.45 bits per heavy atom. The van der Waals surface area contributed by atoms with Crippen LogP contribution in [-0.4, -0.2) is 16.2 Å². The van der Waals surface area contributed by atoms with Gasteiger partial charge in [0.15, 0.2) is 0 Å². The maximum atomic E-state index is 10.2. The molecule has 2 N–H and O–H groups in total. The highest BCUT2D eigenvalue weighted by Gasteiger charge is 2.05. The van der Waals surface area contributed by atoms with Crippen molar-refractivity contribution in [2.45, 2.75) is 6.92 Å². The molecule has 5 heteroatoms. The molecule has 0 saturated carbocycles. The largest absolute Gasteiger partial charge is 0.277 e. The minimum absolute atomic E-state index is 0.538. The molecule has 5 nitrogen and oxygen atoms in total. The second-order valence-electron chi connectivity index (χ2n) is 2.28. The van der Waals surface area contributed by atoms with Crippen LogP contribution in [0, 0.1) is 6.92 Å². The van der Waals surface area contributed by atoms with Gasteiger partial charge >= 0.3 is 0 Å². The van der Waals surface area contributed by atoms with Gasteiger partial charge in [-0.1, -0.05) is 0 Å². The second-order valence-corrected chi connectivity index (χ2v) is 2.28. The van der Waals surface area contributed by atoms with Gasteiger partial charge in [-0.2, -0.15) is 5.10 Å². The summed E-state index contributed by atoms with van der Waals surface area (Å²) in [5, 5.41) is 5.00. The number of aryl methyl sites for hydroxylation is 2. The van der Waals surface area contributed by atoms with Crippen LogP contribution in [0.15, 0.2) is 6.07 Å². The maximum Gasteiger partial charge on any atom is 0.229 e. The van der Waals surface area contributed by atoms with Crippen LogP contribution in [0.2, 0.25) is 0 Å². The van der Waals surface area contributed by atoms with E-state index in [1.54, 1.807) is 17.8 Å². The van der Waals surface area contributed by atoms with Crippen molar-refractivity contribution in [3.8, 4) is 0 Å². The highest BCUT2D eigenvalue weighted by molar-refractivity contribution is 5.71. The number of rotatable bonds is 2. The fourth-order valence-electron chi connectivity index (χ4n) is 0.893. The van der Waals surface area contributed by atoms with Crippen molar-refractivity contribution < 1.29 is 4.79 Å². The number of aromatic nitrogens is 2. The molecule has 0 unspecified atom stereocenters. The van der Waals surface area contributed by atoms with Gasteiger partial charge in [-0.25, -0.2) is 10.9 Å². The summed E-state index contributed by atoms with van der Waals surface area (Å²) >= 11 is 0. The molecule has 11 heavy (non-hydrogen) atoms. The van der Waals surface area contributed by atoms with E-state index in [4.69, 9.17) is 5.84 Å². The average molecular weight is 154 g/mol. The number of carbonyl (C=O) groups excluding carboxylic acids is 1. The lowest BCUT2D eigenvalue weighted by atomic mass is 10.5. The van der Waals surface area contributed by atoms with Crippen LogP contribution in [0.4, 0.5) is 5.82 Å². The Kier molecular flexibility index (Phi) is 1.91. The smallest absolute Gasteiger partial charge is 0.229 e. The van der Waals surface area contributed by atoms with Crippen molar-refractivity contribution in [2.75, 3.05) is 5.01 Å². The molecule has 0 aliphatic heterocycles. The van der Waals surface area contributed by atoms with E-state index in [1.807, 2.05) is 6.92 Å². The molecule has 0 atom stereocenters. The minimum Gasteiger partial charge on any atom is -0.277 e. The Hall–Kier alpha value is -1.36. The Morgan fingerprint density at radius 1 is 1.82 bits per heavy atom. The highest BCUT2D eigenvalue weighted by atomic mass is 16.1. The molecule has 1 heterocycles. The van der Waals surface area contributed by atoms with Gasteiger partial charge < -0.3 is 0 Å². The van der Waals surface area contributed by atoms with E-state index in [0.29, 0.717) is 12.2 Å². The Morgan fingerprint density at radius 3 is 2.82 bits per heavy atom. The molecular weight excluding hydrogens is 144 g/mol. The fourth-order valence-corrected chi connectivity index (χ4v) is 0.893. The van der Waals surface area contributed by atoms with Gasteiger partial charge in [0.05, 0.1) is 5.69 Å². The first kappa shape index (κ1) is 7.74. The van der Waals surface area contributed by atoms with E-state index in [2.05, 4.69) is 5.10 Å². The van der Waals surface area contributed by atoms with Crippen molar-refractivity contribution in [1.29, 1.82) is 0 Å². The summed E-state index contributed by atoms with van der Waals surface area (Å²) in [6, 6.07) is 1.73. The molecule has 60 valence electrons. The Labute approximate surface area is 64.4 Å². The molecule has 0 spiro atoms. The zero-order valence-electron chi connectivity index (χ0n) is 6.48. The molecule has 0 aromatic carbocycles. The Balaban J connectivity index is 3.02. The molecule has 0 bridgehead atoms. The number of amides is 1. The van der Waals surface area contributed by atoms with Crippen LogP contribution in [-0.2, 0) is 11.8 Å². The standard InChI is InChI=1S/C6H10N4O/c1-5-3-6(9(2)8-5)10(7)4-11/h3-4H,7H2,1-2H3. The summed E-state index contributed by atoms with van der Waals surface area (Å²) in [4.78, 5) is 10.2. The molecule has 1 aromatic heterocycles. The first-order valence-corrected chi connectivity index (χ1v) is 3.15. The zero-order chi connectivity index (χ0) is 8.43. The second kappa shape index (κ2) is 2.71. The molecule has 0 aliphatic carbocycles. The third-order valence-corrected chi connectivity index (χ3v) is 1.36. The lowest BCUT2D eigenvalue weighted by Crippen LogP contribution is -2.30. The molecule has 0 aliphatic rings.